The largest absolute Gasteiger partial charge is 0.293 e. The number of hydrogen-bond acceptors (Lipinski definition) is 5. The van der Waals surface area contributed by atoms with E-state index in [0.29, 0.717) is 15.9 Å². The SMILES string of the molecule is CC(=O)Nc1nc(SCc2ccc(Cl)cc2)n(C(C)=O)n1. The molecule has 0 saturated carbocycles. The third-order valence-electron chi connectivity index (χ3n) is 2.44. The highest BCUT2D eigenvalue weighted by Gasteiger charge is 2.14. The van der Waals surface area contributed by atoms with Gasteiger partial charge in [0, 0.05) is 24.6 Å². The molecule has 1 aromatic heterocycles. The van der Waals surface area contributed by atoms with Crippen LogP contribution in [0, 0.1) is 0 Å². The van der Waals surface area contributed by atoms with Crippen molar-refractivity contribution in [2.24, 2.45) is 0 Å². The van der Waals surface area contributed by atoms with Gasteiger partial charge in [-0.15, -0.1) is 5.10 Å². The summed E-state index contributed by atoms with van der Waals surface area (Å²) in [5.41, 5.74) is 1.04. The molecule has 0 aliphatic rings. The van der Waals surface area contributed by atoms with Crippen LogP contribution in [0.15, 0.2) is 29.4 Å². The Morgan fingerprint density at radius 2 is 1.95 bits per heavy atom. The van der Waals surface area contributed by atoms with E-state index in [9.17, 15) is 9.59 Å². The van der Waals surface area contributed by atoms with E-state index >= 15 is 0 Å². The molecule has 0 spiro atoms. The van der Waals surface area contributed by atoms with E-state index in [1.54, 1.807) is 12.1 Å². The van der Waals surface area contributed by atoms with E-state index < -0.39 is 0 Å². The second kappa shape index (κ2) is 6.73. The summed E-state index contributed by atoms with van der Waals surface area (Å²) in [4.78, 5) is 26.7. The van der Waals surface area contributed by atoms with Crippen molar-refractivity contribution < 1.29 is 9.59 Å². The first-order valence-corrected chi connectivity index (χ1v) is 7.45. The van der Waals surface area contributed by atoms with E-state index in [1.807, 2.05) is 12.1 Å². The topological polar surface area (TPSA) is 76.9 Å². The van der Waals surface area contributed by atoms with Crippen molar-refractivity contribution >= 4 is 41.1 Å². The van der Waals surface area contributed by atoms with Crippen molar-refractivity contribution in [1.29, 1.82) is 0 Å². The number of nitrogens with zero attached hydrogens (tertiary/aromatic N) is 3. The maximum Gasteiger partial charge on any atom is 0.250 e. The highest BCUT2D eigenvalue weighted by molar-refractivity contribution is 7.98. The van der Waals surface area contributed by atoms with Gasteiger partial charge in [0.1, 0.15) is 0 Å². The van der Waals surface area contributed by atoms with Gasteiger partial charge in [0.2, 0.25) is 17.8 Å². The molecule has 2 aromatic rings. The van der Waals surface area contributed by atoms with Gasteiger partial charge in [0.05, 0.1) is 0 Å². The standard InChI is InChI=1S/C13H13ClN4O2S/c1-8(19)15-12-16-13(18(17-12)9(2)20)21-7-10-3-5-11(14)6-4-10/h3-6H,7H2,1-2H3,(H,15,17,19). The van der Waals surface area contributed by atoms with Crippen molar-refractivity contribution in [2.75, 3.05) is 5.32 Å². The van der Waals surface area contributed by atoms with Gasteiger partial charge in [-0.05, 0) is 17.7 Å². The molecule has 0 fully saturated rings. The van der Waals surface area contributed by atoms with Crippen molar-refractivity contribution in [3.8, 4) is 0 Å². The van der Waals surface area contributed by atoms with Gasteiger partial charge in [-0.3, -0.25) is 14.9 Å². The van der Waals surface area contributed by atoms with Gasteiger partial charge in [-0.2, -0.15) is 9.67 Å². The molecule has 8 heteroatoms. The molecule has 6 nitrogen and oxygen atoms in total. The maximum absolute atomic E-state index is 11.5. The molecular formula is C13H13ClN4O2S. The van der Waals surface area contributed by atoms with E-state index in [4.69, 9.17) is 11.6 Å². The number of thioether (sulfide) groups is 1. The first kappa shape index (κ1) is 15.5. The Kier molecular flexibility index (Phi) is 4.98. The molecule has 1 amide bonds. The Morgan fingerprint density at radius 1 is 1.29 bits per heavy atom. The first-order valence-electron chi connectivity index (χ1n) is 6.08. The highest BCUT2D eigenvalue weighted by atomic mass is 35.5. The minimum Gasteiger partial charge on any atom is -0.293 e. The summed E-state index contributed by atoms with van der Waals surface area (Å²) in [6.07, 6.45) is 0. The Labute approximate surface area is 130 Å². The van der Waals surface area contributed by atoms with Crippen LogP contribution in [0.5, 0.6) is 0 Å². The lowest BCUT2D eigenvalue weighted by Gasteiger charge is -2.01. The normalized spacial score (nSPS) is 10.4. The number of aromatic nitrogens is 3. The zero-order valence-corrected chi connectivity index (χ0v) is 13.0. The van der Waals surface area contributed by atoms with Gasteiger partial charge < -0.3 is 0 Å². The van der Waals surface area contributed by atoms with Gasteiger partial charge in [-0.25, -0.2) is 0 Å². The zero-order valence-electron chi connectivity index (χ0n) is 11.5. The van der Waals surface area contributed by atoms with Crippen molar-refractivity contribution in [3.05, 3.63) is 34.9 Å². The minimum atomic E-state index is -0.287. The molecule has 1 heterocycles. The van der Waals surface area contributed by atoms with E-state index in [-0.39, 0.29) is 17.8 Å². The number of nitrogens with one attached hydrogen (secondary N) is 1. The van der Waals surface area contributed by atoms with E-state index in [0.717, 1.165) is 5.56 Å². The Balaban J connectivity index is 2.14. The molecule has 110 valence electrons. The van der Waals surface area contributed by atoms with Gasteiger partial charge in [-0.1, -0.05) is 35.5 Å². The molecule has 1 aromatic carbocycles. The van der Waals surface area contributed by atoms with Crippen LogP contribution in [-0.4, -0.2) is 26.6 Å². The van der Waals surface area contributed by atoms with Crippen molar-refractivity contribution in [2.45, 2.75) is 24.8 Å². The van der Waals surface area contributed by atoms with Crippen LogP contribution in [0.25, 0.3) is 0 Å². The molecule has 0 atom stereocenters. The predicted molar refractivity (Wildman–Crippen MR) is 81.6 cm³/mol. The van der Waals surface area contributed by atoms with Gasteiger partial charge in [0.25, 0.3) is 0 Å². The molecule has 21 heavy (non-hydrogen) atoms. The monoisotopic (exact) mass is 324 g/mol. The summed E-state index contributed by atoms with van der Waals surface area (Å²) in [7, 11) is 0. The minimum absolute atomic E-state index is 0.122. The molecule has 0 aliphatic carbocycles. The molecular weight excluding hydrogens is 312 g/mol. The number of carbonyl (C=O) groups is 2. The molecule has 0 aliphatic heterocycles. The number of rotatable bonds is 4. The van der Waals surface area contributed by atoms with E-state index in [2.05, 4.69) is 15.4 Å². The molecule has 2 rings (SSSR count). The molecule has 0 bridgehead atoms. The second-order valence-electron chi connectivity index (χ2n) is 4.25. The lowest BCUT2D eigenvalue weighted by atomic mass is 10.2. The molecule has 0 saturated heterocycles. The van der Waals surface area contributed by atoms with Crippen LogP contribution < -0.4 is 5.32 Å². The molecule has 0 unspecified atom stereocenters. The number of benzene rings is 1. The first-order chi connectivity index (χ1) is 9.95. The van der Waals surface area contributed by atoms with Crippen LogP contribution >= 0.6 is 23.4 Å². The average Bonchev–Trinajstić information content (AvgIpc) is 2.80. The number of carbonyl (C=O) groups excluding carboxylic acids is 2. The maximum atomic E-state index is 11.5. The molecule has 1 N–H and O–H groups in total. The van der Waals surface area contributed by atoms with Gasteiger partial charge in [0.15, 0.2) is 5.16 Å². The number of anilines is 1. The van der Waals surface area contributed by atoms with Crippen LogP contribution in [-0.2, 0) is 10.5 Å². The fraction of sp³-hybridized carbons (Fsp3) is 0.231. The van der Waals surface area contributed by atoms with Crippen molar-refractivity contribution in [1.82, 2.24) is 14.8 Å². The molecule has 0 radical (unpaired) electrons. The summed E-state index contributed by atoms with van der Waals surface area (Å²) in [6.45, 7) is 2.74. The summed E-state index contributed by atoms with van der Waals surface area (Å²) >= 11 is 7.19. The summed E-state index contributed by atoms with van der Waals surface area (Å²) in [6, 6.07) is 7.41. The lowest BCUT2D eigenvalue weighted by Crippen LogP contribution is -2.11. The zero-order chi connectivity index (χ0) is 15.4. The Hall–Kier alpha value is -1.86. The average molecular weight is 325 g/mol. The van der Waals surface area contributed by atoms with Crippen LogP contribution in [0.3, 0.4) is 0 Å². The number of amides is 1. The van der Waals surface area contributed by atoms with Gasteiger partial charge >= 0.3 is 0 Å². The smallest absolute Gasteiger partial charge is 0.250 e. The van der Waals surface area contributed by atoms with Crippen LogP contribution in [0.2, 0.25) is 5.02 Å². The Bertz CT molecular complexity index is 669. The summed E-state index contributed by atoms with van der Waals surface area (Å²) in [5.74, 6) is 0.182. The second-order valence-corrected chi connectivity index (χ2v) is 5.62. The quantitative estimate of drug-likeness (QED) is 0.875. The Morgan fingerprint density at radius 3 is 2.52 bits per heavy atom. The fourth-order valence-corrected chi connectivity index (χ4v) is 2.59. The third kappa shape index (κ3) is 4.30. The summed E-state index contributed by atoms with van der Waals surface area (Å²) in [5, 5.41) is 7.52. The van der Waals surface area contributed by atoms with E-state index in [1.165, 1.54) is 30.3 Å². The fourth-order valence-electron chi connectivity index (χ4n) is 1.54. The number of hydrogen-bond donors (Lipinski definition) is 1. The highest BCUT2D eigenvalue weighted by Crippen LogP contribution is 2.23. The summed E-state index contributed by atoms with van der Waals surface area (Å²) < 4.78 is 1.17. The third-order valence-corrected chi connectivity index (χ3v) is 3.70. The number of halogens is 1. The van der Waals surface area contributed by atoms with Crippen LogP contribution in [0.4, 0.5) is 5.95 Å². The van der Waals surface area contributed by atoms with Crippen molar-refractivity contribution in [3.63, 3.8) is 0 Å². The van der Waals surface area contributed by atoms with Crippen LogP contribution in [0.1, 0.15) is 24.2 Å². The predicted octanol–water partition coefficient (Wildman–Crippen LogP) is 2.84. The lowest BCUT2D eigenvalue weighted by molar-refractivity contribution is -0.114.